The van der Waals surface area contributed by atoms with Gasteiger partial charge in [0.25, 0.3) is 0 Å². The highest BCUT2D eigenvalue weighted by Crippen LogP contribution is 2.38. The van der Waals surface area contributed by atoms with Crippen LogP contribution in [-0.2, 0) is 34.6 Å². The average Bonchev–Trinajstić information content (AvgIpc) is 2.74. The molecule has 33 heavy (non-hydrogen) atoms. The van der Waals surface area contributed by atoms with Crippen molar-refractivity contribution in [2.24, 2.45) is 0 Å². The van der Waals surface area contributed by atoms with E-state index in [2.05, 4.69) is 24.4 Å². The predicted molar refractivity (Wildman–Crippen MR) is 139 cm³/mol. The van der Waals surface area contributed by atoms with Crippen LogP contribution in [0.2, 0.25) is 19.6 Å². The van der Waals surface area contributed by atoms with Gasteiger partial charge < -0.3 is 23.0 Å². The van der Waals surface area contributed by atoms with Crippen LogP contribution < -0.4 is 4.72 Å². The minimum absolute atomic E-state index is 0.181. The van der Waals surface area contributed by atoms with Gasteiger partial charge in [0, 0.05) is 11.4 Å². The van der Waals surface area contributed by atoms with Gasteiger partial charge in [0.05, 0.1) is 29.7 Å². The zero-order valence-electron chi connectivity index (χ0n) is 23.2. The summed E-state index contributed by atoms with van der Waals surface area (Å²) in [5.74, 6) is -0.596. The van der Waals surface area contributed by atoms with Crippen molar-refractivity contribution in [3.8, 4) is 0 Å². The summed E-state index contributed by atoms with van der Waals surface area (Å²) < 4.78 is 40.2. The molecule has 0 spiro atoms. The third-order valence-electron chi connectivity index (χ3n) is 5.55. The van der Waals surface area contributed by atoms with Crippen molar-refractivity contribution in [3.63, 3.8) is 0 Å². The molecule has 0 aromatic heterocycles. The molecule has 0 bridgehead atoms. The summed E-state index contributed by atoms with van der Waals surface area (Å²) in [5, 5.41) is 0. The fourth-order valence-electron chi connectivity index (χ4n) is 3.25. The molecule has 0 aromatic rings. The van der Waals surface area contributed by atoms with E-state index in [0.717, 1.165) is 0 Å². The first kappa shape index (κ1) is 30.9. The van der Waals surface area contributed by atoms with Crippen molar-refractivity contribution in [2.75, 3.05) is 0 Å². The van der Waals surface area contributed by atoms with Gasteiger partial charge in [-0.15, -0.1) is 4.72 Å². The molecule has 1 fully saturated rings. The summed E-state index contributed by atoms with van der Waals surface area (Å²) in [6.45, 7) is 25.7. The Morgan fingerprint density at radius 2 is 1.52 bits per heavy atom. The second-order valence-electron chi connectivity index (χ2n) is 13.0. The zero-order chi connectivity index (χ0) is 26.0. The fourth-order valence-corrected chi connectivity index (χ4v) is 5.31. The van der Waals surface area contributed by atoms with E-state index in [4.69, 9.17) is 18.5 Å². The molecule has 0 saturated carbocycles. The molecule has 0 unspecified atom stereocenters. The van der Waals surface area contributed by atoms with Gasteiger partial charge in [0.1, 0.15) is 10.3 Å². The van der Waals surface area contributed by atoms with Crippen molar-refractivity contribution < 1.29 is 27.8 Å². The Bertz CT molecular complexity index is 641. The van der Waals surface area contributed by atoms with E-state index in [0.29, 0.717) is 12.8 Å². The predicted octanol–water partition coefficient (Wildman–Crippen LogP) is 4.77. The summed E-state index contributed by atoms with van der Waals surface area (Å²) in [6, 6.07) is 0. The molecule has 0 aromatic carbocycles. The zero-order valence-corrected chi connectivity index (χ0v) is 25.0. The molecule has 10 heteroatoms. The minimum Gasteiger partial charge on any atom is -0.598 e. The number of carbonyl (C=O) groups is 1. The lowest BCUT2D eigenvalue weighted by molar-refractivity contribution is -0.156. The van der Waals surface area contributed by atoms with Gasteiger partial charge in [-0.25, -0.2) is 0 Å². The maximum Gasteiger partial charge on any atom is 0.480 e. The molecule has 1 saturated heterocycles. The van der Waals surface area contributed by atoms with E-state index in [1.54, 1.807) is 0 Å². The first-order valence-corrected chi connectivity index (χ1v) is 16.5. The molecule has 1 rings (SSSR count). The Balaban J connectivity index is 3.03. The molecule has 0 radical (unpaired) electrons. The van der Waals surface area contributed by atoms with Crippen LogP contribution in [0.15, 0.2) is 0 Å². The van der Waals surface area contributed by atoms with Crippen LogP contribution in [0, 0.1) is 0 Å². The third-order valence-corrected chi connectivity index (χ3v) is 8.22. The van der Waals surface area contributed by atoms with Gasteiger partial charge in [-0.05, 0) is 102 Å². The largest absolute Gasteiger partial charge is 0.598 e. The van der Waals surface area contributed by atoms with E-state index in [1.807, 2.05) is 69.2 Å². The lowest BCUT2D eigenvalue weighted by Crippen LogP contribution is -2.52. The Morgan fingerprint density at radius 3 is 1.91 bits per heavy atom. The molecule has 0 amide bonds. The molecule has 194 valence electrons. The molecule has 1 heterocycles. The molecule has 3 atom stereocenters. The van der Waals surface area contributed by atoms with Crippen LogP contribution >= 0.6 is 0 Å². The van der Waals surface area contributed by atoms with E-state index >= 15 is 0 Å². The van der Waals surface area contributed by atoms with E-state index in [1.165, 1.54) is 0 Å². The van der Waals surface area contributed by atoms with Crippen molar-refractivity contribution in [3.05, 3.63) is 0 Å². The van der Waals surface area contributed by atoms with Gasteiger partial charge in [-0.2, -0.15) is 0 Å². The number of hydrogen-bond donors (Lipinski definition) is 1. The van der Waals surface area contributed by atoms with Gasteiger partial charge in [-0.3, -0.25) is 4.79 Å². The number of ether oxygens (including phenoxy) is 1. The molecule has 1 N–H and O–H groups in total. The van der Waals surface area contributed by atoms with Crippen molar-refractivity contribution in [1.82, 2.24) is 4.72 Å². The van der Waals surface area contributed by atoms with Crippen LogP contribution in [0.3, 0.4) is 0 Å². The molecule has 0 aliphatic carbocycles. The molecule has 1 aliphatic heterocycles. The normalized spacial score (nSPS) is 21.6. The van der Waals surface area contributed by atoms with Crippen LogP contribution in [0.4, 0.5) is 0 Å². The third kappa shape index (κ3) is 10.6. The highest BCUT2D eigenvalue weighted by Gasteiger charge is 2.55. The van der Waals surface area contributed by atoms with E-state index < -0.39 is 48.3 Å². The first-order valence-electron chi connectivity index (χ1n) is 12.0. The Labute approximate surface area is 207 Å². The summed E-state index contributed by atoms with van der Waals surface area (Å²) in [7, 11) is -2.47. The van der Waals surface area contributed by atoms with Crippen LogP contribution in [0.5, 0.6) is 0 Å². The highest BCUT2D eigenvalue weighted by molar-refractivity contribution is 7.90. The van der Waals surface area contributed by atoms with Crippen molar-refractivity contribution in [2.45, 2.75) is 142 Å². The molecule has 1 aliphatic rings. The second-order valence-corrected chi connectivity index (χ2v) is 19.4. The molecular formula is C23H48BNO6SSi. The van der Waals surface area contributed by atoms with Gasteiger partial charge in [-0.1, -0.05) is 0 Å². The van der Waals surface area contributed by atoms with Gasteiger partial charge in [0.2, 0.25) is 0 Å². The van der Waals surface area contributed by atoms with E-state index in [-0.39, 0.29) is 24.4 Å². The van der Waals surface area contributed by atoms with Gasteiger partial charge >= 0.3 is 13.1 Å². The number of nitrogens with one attached hydrogen (secondary N) is 1. The Kier molecular flexibility index (Phi) is 10.2. The molecule has 7 nitrogen and oxygen atoms in total. The second kappa shape index (κ2) is 10.9. The van der Waals surface area contributed by atoms with Crippen LogP contribution in [0.1, 0.15) is 88.5 Å². The number of rotatable bonds is 10. The number of carbonyl (C=O) groups excluding carboxylic acids is 1. The van der Waals surface area contributed by atoms with E-state index in [9.17, 15) is 9.35 Å². The molecular weight excluding hydrogens is 457 g/mol. The maximum atomic E-state index is 13.0. The van der Waals surface area contributed by atoms with Crippen molar-refractivity contribution >= 4 is 32.8 Å². The first-order chi connectivity index (χ1) is 14.5. The monoisotopic (exact) mass is 505 g/mol. The summed E-state index contributed by atoms with van der Waals surface area (Å²) in [4.78, 5) is 12.5. The minimum atomic E-state index is -1.91. The Morgan fingerprint density at radius 1 is 1.03 bits per heavy atom. The number of esters is 1. The fraction of sp³-hybridized carbons (Fsp3) is 0.957. The van der Waals surface area contributed by atoms with Crippen LogP contribution in [0.25, 0.3) is 0 Å². The summed E-state index contributed by atoms with van der Waals surface area (Å²) >= 11 is -1.30. The highest BCUT2D eigenvalue weighted by atomic mass is 32.2. The van der Waals surface area contributed by atoms with Gasteiger partial charge in [0.15, 0.2) is 8.32 Å². The number of hydrogen-bond acceptors (Lipinski definition) is 7. The summed E-state index contributed by atoms with van der Waals surface area (Å²) in [6.07, 6.45) is 1.06. The maximum absolute atomic E-state index is 13.0. The SMILES string of the molecule is CC(C)(C)OC(=O)C[C@H](CC[C@H](N[S@+]([O-])C(C)(C)C)B1OC(C)(C)C(C)(C)O1)O[Si](C)(C)C. The lowest BCUT2D eigenvalue weighted by atomic mass is 9.76. The van der Waals surface area contributed by atoms with Crippen LogP contribution in [-0.4, -0.2) is 59.6 Å². The average molecular weight is 506 g/mol. The summed E-state index contributed by atoms with van der Waals surface area (Å²) in [5.41, 5.74) is -1.53. The standard InChI is InChI=1S/C23H48BNO6SSi/c1-20(2,3)28-19(26)16-17(29-33(11,12)13)14-15-18(25-32(27)21(4,5)6)24-30-22(7,8)23(9,10)31-24/h17-18,25H,14-16H2,1-13H3/t17-,18-,32+/m0/s1. The quantitative estimate of drug-likeness (QED) is 0.260. The Hall–Kier alpha value is -0.0982. The smallest absolute Gasteiger partial charge is 0.480 e. The van der Waals surface area contributed by atoms with Crippen molar-refractivity contribution in [1.29, 1.82) is 0 Å². The topological polar surface area (TPSA) is 89.1 Å². The lowest BCUT2D eigenvalue weighted by Gasteiger charge is -2.32.